The second-order valence-electron chi connectivity index (χ2n) is 7.48. The molecule has 1 heterocycles. The Morgan fingerprint density at radius 1 is 1.24 bits per heavy atom. The summed E-state index contributed by atoms with van der Waals surface area (Å²) < 4.78 is 5.97. The number of esters is 1. The summed E-state index contributed by atoms with van der Waals surface area (Å²) in [6, 6.07) is 2.04. The lowest BCUT2D eigenvalue weighted by Gasteiger charge is -2.17. The van der Waals surface area contributed by atoms with E-state index in [0.717, 1.165) is 0 Å². The molecule has 0 fully saturated rings. The van der Waals surface area contributed by atoms with Crippen LogP contribution in [0.4, 0.5) is 5.69 Å². The number of rotatable bonds is 13. The normalized spacial score (nSPS) is 11.8. The molecular weight excluding hydrogens is 430 g/mol. The van der Waals surface area contributed by atoms with Crippen LogP contribution in [-0.2, 0) is 30.5 Å². The van der Waals surface area contributed by atoms with E-state index in [1.807, 2.05) is 19.0 Å². The van der Waals surface area contributed by atoms with Crippen molar-refractivity contribution in [3.05, 3.63) is 40.8 Å². The van der Waals surface area contributed by atoms with Gasteiger partial charge in [0.05, 0.1) is 6.61 Å². The summed E-state index contributed by atoms with van der Waals surface area (Å²) in [6.07, 6.45) is 4.78. The molecule has 11 heteroatoms. The molecule has 1 unspecified atom stereocenters. The number of nitrogens with one attached hydrogen (secondary N) is 3. The molecule has 0 radical (unpaired) electrons. The molecule has 0 aliphatic heterocycles. The summed E-state index contributed by atoms with van der Waals surface area (Å²) in [4.78, 5) is 62.2. The number of carbonyl (C=O) groups is 4. The molecule has 0 saturated carbocycles. The van der Waals surface area contributed by atoms with Gasteiger partial charge in [-0.15, -0.1) is 0 Å². The van der Waals surface area contributed by atoms with Gasteiger partial charge < -0.3 is 30.2 Å². The number of hydrogen-bond donors (Lipinski definition) is 3. The van der Waals surface area contributed by atoms with Crippen molar-refractivity contribution in [1.29, 1.82) is 0 Å². The number of amides is 3. The first-order chi connectivity index (χ1) is 15.6. The summed E-state index contributed by atoms with van der Waals surface area (Å²) in [7, 11) is 3.77. The zero-order chi connectivity index (χ0) is 24.8. The number of ether oxygens (including phenoxy) is 1. The first-order valence-corrected chi connectivity index (χ1v) is 10.7. The number of nitrogens with zero attached hydrogens (tertiary/aromatic N) is 2. The maximum absolute atomic E-state index is 12.7. The molecule has 0 saturated heterocycles. The fourth-order valence-electron chi connectivity index (χ4n) is 2.75. The van der Waals surface area contributed by atoms with E-state index in [4.69, 9.17) is 4.74 Å². The monoisotopic (exact) mass is 463 g/mol. The Bertz CT molecular complexity index is 909. The first-order valence-electron chi connectivity index (χ1n) is 10.7. The fourth-order valence-corrected chi connectivity index (χ4v) is 2.75. The van der Waals surface area contributed by atoms with Crippen molar-refractivity contribution >= 4 is 29.4 Å². The van der Waals surface area contributed by atoms with Crippen molar-refractivity contribution in [3.63, 3.8) is 0 Å². The Hall–Kier alpha value is -3.47. The smallest absolute Gasteiger partial charge is 0.330 e. The van der Waals surface area contributed by atoms with Crippen LogP contribution in [0.15, 0.2) is 35.3 Å². The number of pyridine rings is 1. The van der Waals surface area contributed by atoms with Crippen molar-refractivity contribution in [2.24, 2.45) is 0 Å². The lowest BCUT2D eigenvalue weighted by molar-refractivity contribution is -0.137. The van der Waals surface area contributed by atoms with Gasteiger partial charge in [0.1, 0.15) is 18.3 Å². The Labute approximate surface area is 193 Å². The van der Waals surface area contributed by atoms with Crippen LogP contribution in [0.2, 0.25) is 0 Å². The van der Waals surface area contributed by atoms with E-state index in [2.05, 4.69) is 16.0 Å². The minimum atomic E-state index is -0.920. The van der Waals surface area contributed by atoms with Crippen LogP contribution in [0.5, 0.6) is 0 Å². The highest BCUT2D eigenvalue weighted by atomic mass is 16.5. The van der Waals surface area contributed by atoms with Crippen LogP contribution < -0.4 is 21.5 Å². The van der Waals surface area contributed by atoms with Crippen molar-refractivity contribution in [3.8, 4) is 0 Å². The zero-order valence-corrected chi connectivity index (χ0v) is 19.6. The number of allylic oxidation sites excluding steroid dienone is 1. The quantitative estimate of drug-likeness (QED) is 0.274. The van der Waals surface area contributed by atoms with Crippen molar-refractivity contribution in [2.75, 3.05) is 39.1 Å². The minimum absolute atomic E-state index is 0.0130. The van der Waals surface area contributed by atoms with E-state index in [0.29, 0.717) is 19.5 Å². The van der Waals surface area contributed by atoms with E-state index in [1.165, 1.54) is 29.8 Å². The zero-order valence-electron chi connectivity index (χ0n) is 19.6. The Kier molecular flexibility index (Phi) is 12.2. The predicted octanol–water partition coefficient (Wildman–Crippen LogP) is -0.131. The van der Waals surface area contributed by atoms with Crippen molar-refractivity contribution in [1.82, 2.24) is 20.1 Å². The van der Waals surface area contributed by atoms with Crippen LogP contribution in [0.25, 0.3) is 0 Å². The third-order valence-electron chi connectivity index (χ3n) is 4.33. The van der Waals surface area contributed by atoms with Crippen LogP contribution in [-0.4, -0.2) is 73.0 Å². The van der Waals surface area contributed by atoms with E-state index in [-0.39, 0.29) is 31.2 Å². The number of anilines is 1. The molecule has 3 N–H and O–H groups in total. The molecule has 0 bridgehead atoms. The maximum Gasteiger partial charge on any atom is 0.330 e. The molecule has 1 aromatic rings. The Morgan fingerprint density at radius 3 is 2.61 bits per heavy atom. The van der Waals surface area contributed by atoms with Gasteiger partial charge in [-0.3, -0.25) is 19.2 Å². The average Bonchev–Trinajstić information content (AvgIpc) is 2.72. The topological polar surface area (TPSA) is 139 Å². The van der Waals surface area contributed by atoms with Crippen LogP contribution in [0.3, 0.4) is 0 Å². The molecule has 3 amide bonds. The van der Waals surface area contributed by atoms with Crippen molar-refractivity contribution in [2.45, 2.75) is 39.3 Å². The number of aromatic nitrogens is 1. The average molecular weight is 464 g/mol. The first kappa shape index (κ1) is 27.6. The van der Waals surface area contributed by atoms with Gasteiger partial charge in [-0.2, -0.15) is 0 Å². The summed E-state index contributed by atoms with van der Waals surface area (Å²) >= 11 is 0. The number of hydrogen-bond acceptors (Lipinski definition) is 7. The highest BCUT2D eigenvalue weighted by molar-refractivity contribution is 5.96. The van der Waals surface area contributed by atoms with E-state index in [1.54, 1.807) is 19.1 Å². The predicted molar refractivity (Wildman–Crippen MR) is 124 cm³/mol. The van der Waals surface area contributed by atoms with Gasteiger partial charge in [0.2, 0.25) is 17.7 Å². The molecular formula is C22H33N5O6. The molecule has 182 valence electrons. The van der Waals surface area contributed by atoms with Gasteiger partial charge in [0, 0.05) is 32.3 Å². The molecule has 1 rings (SSSR count). The largest absolute Gasteiger partial charge is 0.463 e. The molecule has 0 aliphatic rings. The highest BCUT2D eigenvalue weighted by Gasteiger charge is 2.20. The molecule has 1 aromatic heterocycles. The van der Waals surface area contributed by atoms with E-state index < -0.39 is 29.4 Å². The fraction of sp³-hybridized carbons (Fsp3) is 0.500. The summed E-state index contributed by atoms with van der Waals surface area (Å²) in [5.41, 5.74) is -0.557. The Balaban J connectivity index is 2.79. The second kappa shape index (κ2) is 14.6. The van der Waals surface area contributed by atoms with Gasteiger partial charge in [-0.25, -0.2) is 4.79 Å². The van der Waals surface area contributed by atoms with E-state index in [9.17, 15) is 24.0 Å². The van der Waals surface area contributed by atoms with E-state index >= 15 is 0 Å². The standard InChI is InChI=1S/C22H33N5O6/c1-5-33-20(30)11-7-6-9-17(24-16(2)28)21(31)25-18-10-8-13-27(22(18)32)15-19(29)23-12-14-26(3)4/h7-8,10-11,13,17H,5-6,9,12,14-15H2,1-4H3,(H,23,29)(H,24,28)(H,25,31). The number of carbonyl (C=O) groups excluding carboxylic acids is 4. The second-order valence-corrected chi connectivity index (χ2v) is 7.48. The SMILES string of the molecule is CCOC(=O)C=CCCC(NC(C)=O)C(=O)Nc1cccn(CC(=O)NCCN(C)C)c1=O. The highest BCUT2D eigenvalue weighted by Crippen LogP contribution is 2.05. The van der Waals surface area contributed by atoms with Crippen molar-refractivity contribution < 1.29 is 23.9 Å². The van der Waals surface area contributed by atoms with Crippen LogP contribution in [0, 0.1) is 0 Å². The molecule has 0 aliphatic carbocycles. The molecule has 1 atom stereocenters. The summed E-state index contributed by atoms with van der Waals surface area (Å²) in [5, 5.41) is 7.77. The Morgan fingerprint density at radius 2 is 1.97 bits per heavy atom. The third-order valence-corrected chi connectivity index (χ3v) is 4.33. The third kappa shape index (κ3) is 11.1. The lowest BCUT2D eigenvalue weighted by Crippen LogP contribution is -2.44. The molecule has 0 aromatic carbocycles. The lowest BCUT2D eigenvalue weighted by atomic mass is 10.1. The summed E-state index contributed by atoms with van der Waals surface area (Å²) in [5.74, 6) is -1.81. The van der Waals surface area contributed by atoms with Crippen LogP contribution in [0.1, 0.15) is 26.7 Å². The van der Waals surface area contributed by atoms with Gasteiger partial charge in [0.25, 0.3) is 5.56 Å². The molecule has 33 heavy (non-hydrogen) atoms. The van der Waals surface area contributed by atoms with Gasteiger partial charge in [-0.1, -0.05) is 6.08 Å². The van der Waals surface area contributed by atoms with Crippen LogP contribution >= 0.6 is 0 Å². The summed E-state index contributed by atoms with van der Waals surface area (Å²) in [6.45, 7) is 4.14. The number of likely N-dealkylation sites (N-methyl/N-ethyl adjacent to an activating group) is 1. The minimum Gasteiger partial charge on any atom is -0.463 e. The maximum atomic E-state index is 12.7. The van der Waals surface area contributed by atoms with Gasteiger partial charge >= 0.3 is 5.97 Å². The molecule has 0 spiro atoms. The molecule has 11 nitrogen and oxygen atoms in total. The van der Waals surface area contributed by atoms with Gasteiger partial charge in [-0.05, 0) is 46.0 Å². The van der Waals surface area contributed by atoms with Gasteiger partial charge in [0.15, 0.2) is 0 Å².